The zero-order valence-corrected chi connectivity index (χ0v) is 10.4. The van der Waals surface area contributed by atoms with Crippen molar-refractivity contribution in [2.24, 2.45) is 5.11 Å². The Kier molecular flexibility index (Phi) is 2.67. The van der Waals surface area contributed by atoms with E-state index in [0.29, 0.717) is 5.69 Å². The molecule has 1 aromatic carbocycles. The molecule has 0 aliphatic rings. The first-order valence-corrected chi connectivity index (χ1v) is 5.88. The Labute approximate surface area is 109 Å². The Morgan fingerprint density at radius 2 is 2.00 bits per heavy atom. The molecule has 0 atom stereocenters. The molecule has 3 aromatic rings. The summed E-state index contributed by atoms with van der Waals surface area (Å²) in [7, 11) is 0. The van der Waals surface area contributed by atoms with E-state index in [2.05, 4.69) is 15.0 Å². The lowest BCUT2D eigenvalue weighted by molar-refractivity contribution is 1.16. The predicted octanol–water partition coefficient (Wildman–Crippen LogP) is 4.25. The van der Waals surface area contributed by atoms with Gasteiger partial charge in [-0.1, -0.05) is 35.4 Å². The zero-order chi connectivity index (χ0) is 13.2. The van der Waals surface area contributed by atoms with E-state index in [-0.39, 0.29) is 0 Å². The van der Waals surface area contributed by atoms with Crippen LogP contribution < -0.4 is 0 Å². The molecule has 0 spiro atoms. The van der Waals surface area contributed by atoms with Crippen LogP contribution in [0.5, 0.6) is 0 Å². The molecular weight excluding hydrogens is 238 g/mol. The fourth-order valence-corrected chi connectivity index (χ4v) is 2.04. The van der Waals surface area contributed by atoms with E-state index in [4.69, 9.17) is 5.53 Å². The third kappa shape index (κ3) is 2.03. The molecule has 0 saturated heterocycles. The Morgan fingerprint density at radius 1 is 1.21 bits per heavy atom. The lowest BCUT2D eigenvalue weighted by Gasteiger charge is -1.96. The van der Waals surface area contributed by atoms with Gasteiger partial charge in [-0.25, -0.2) is 4.98 Å². The first kappa shape index (κ1) is 11.3. The van der Waals surface area contributed by atoms with Crippen molar-refractivity contribution in [3.8, 4) is 11.3 Å². The monoisotopic (exact) mass is 249 g/mol. The normalized spacial score (nSPS) is 10.4. The number of rotatable bonds is 2. The van der Waals surface area contributed by atoms with Gasteiger partial charge in [0.15, 0.2) is 0 Å². The maximum absolute atomic E-state index is 8.37. The molecule has 0 N–H and O–H groups in total. The molecule has 2 aromatic heterocycles. The summed E-state index contributed by atoms with van der Waals surface area (Å²) < 4.78 is 2.01. The summed E-state index contributed by atoms with van der Waals surface area (Å²) in [4.78, 5) is 7.38. The minimum absolute atomic E-state index is 0.603. The summed E-state index contributed by atoms with van der Waals surface area (Å²) >= 11 is 0. The molecule has 0 aliphatic carbocycles. The van der Waals surface area contributed by atoms with Crippen molar-refractivity contribution in [2.45, 2.75) is 6.92 Å². The predicted molar refractivity (Wildman–Crippen MR) is 74.2 cm³/mol. The van der Waals surface area contributed by atoms with Crippen LogP contribution in [0.2, 0.25) is 0 Å². The van der Waals surface area contributed by atoms with Gasteiger partial charge in [-0.2, -0.15) is 0 Å². The Balaban J connectivity index is 2.08. The maximum atomic E-state index is 8.37. The van der Waals surface area contributed by atoms with Crippen LogP contribution in [0, 0.1) is 6.92 Å². The van der Waals surface area contributed by atoms with Crippen molar-refractivity contribution in [2.75, 3.05) is 0 Å². The Hall–Kier alpha value is -2.78. The van der Waals surface area contributed by atoms with Crippen molar-refractivity contribution < 1.29 is 0 Å². The number of aromatic nitrogens is 2. The summed E-state index contributed by atoms with van der Waals surface area (Å²) in [6.45, 7) is 2.04. The van der Waals surface area contributed by atoms with Gasteiger partial charge in [-0.3, -0.25) is 0 Å². The van der Waals surface area contributed by atoms with Gasteiger partial charge in [-0.15, -0.1) is 0 Å². The van der Waals surface area contributed by atoms with Gasteiger partial charge in [0.1, 0.15) is 5.65 Å². The highest BCUT2D eigenvalue weighted by atomic mass is 15.1. The third-order valence-electron chi connectivity index (χ3n) is 3.00. The fourth-order valence-electron chi connectivity index (χ4n) is 2.04. The van der Waals surface area contributed by atoms with Crippen LogP contribution in [0.1, 0.15) is 5.56 Å². The summed E-state index contributed by atoms with van der Waals surface area (Å²) in [5.41, 5.74) is 13.0. The van der Waals surface area contributed by atoms with Crippen molar-refractivity contribution in [3.05, 3.63) is 64.8 Å². The van der Waals surface area contributed by atoms with Crippen LogP contribution in [0.3, 0.4) is 0 Å². The minimum atomic E-state index is 0.603. The lowest BCUT2D eigenvalue weighted by Crippen LogP contribution is -1.83. The highest BCUT2D eigenvalue weighted by molar-refractivity contribution is 5.65. The molecule has 0 radical (unpaired) electrons. The Bertz CT molecular complexity index is 779. The SMILES string of the molecule is Cc1cccn2cc(-c3ccc(N=[N+]=[N-])cc3)nc12. The largest absolute Gasteiger partial charge is 0.306 e. The summed E-state index contributed by atoms with van der Waals surface area (Å²) in [6.07, 6.45) is 3.97. The molecule has 0 bridgehead atoms. The van der Waals surface area contributed by atoms with Crippen LogP contribution >= 0.6 is 0 Å². The molecule has 92 valence electrons. The van der Waals surface area contributed by atoms with E-state index in [1.54, 1.807) is 12.1 Å². The molecule has 5 nitrogen and oxygen atoms in total. The summed E-state index contributed by atoms with van der Waals surface area (Å²) in [5, 5.41) is 3.55. The van der Waals surface area contributed by atoms with Gasteiger partial charge in [0.25, 0.3) is 0 Å². The molecule has 0 aliphatic heterocycles. The number of hydrogen-bond donors (Lipinski definition) is 0. The number of nitrogens with zero attached hydrogens (tertiary/aromatic N) is 5. The number of imidazole rings is 1. The molecule has 19 heavy (non-hydrogen) atoms. The van der Waals surface area contributed by atoms with Gasteiger partial charge in [0, 0.05) is 28.6 Å². The van der Waals surface area contributed by atoms with Crippen LogP contribution in [0.15, 0.2) is 53.9 Å². The molecule has 0 amide bonds. The summed E-state index contributed by atoms with van der Waals surface area (Å²) in [6, 6.07) is 11.4. The Morgan fingerprint density at radius 3 is 2.68 bits per heavy atom. The molecule has 0 fully saturated rings. The second-order valence-corrected chi connectivity index (χ2v) is 4.28. The molecule has 3 rings (SSSR count). The van der Waals surface area contributed by atoms with E-state index in [9.17, 15) is 0 Å². The molecule has 5 heteroatoms. The first-order valence-electron chi connectivity index (χ1n) is 5.88. The zero-order valence-electron chi connectivity index (χ0n) is 10.4. The number of pyridine rings is 1. The topological polar surface area (TPSA) is 66.1 Å². The van der Waals surface area contributed by atoms with Crippen molar-refractivity contribution >= 4 is 11.3 Å². The van der Waals surface area contributed by atoms with Crippen LogP contribution in [0.25, 0.3) is 27.3 Å². The van der Waals surface area contributed by atoms with E-state index < -0.39 is 0 Å². The molecule has 2 heterocycles. The summed E-state index contributed by atoms with van der Waals surface area (Å²) in [5.74, 6) is 0. The number of azide groups is 1. The van der Waals surface area contributed by atoms with E-state index >= 15 is 0 Å². The van der Waals surface area contributed by atoms with Crippen molar-refractivity contribution in [3.63, 3.8) is 0 Å². The van der Waals surface area contributed by atoms with Gasteiger partial charge >= 0.3 is 0 Å². The van der Waals surface area contributed by atoms with Crippen LogP contribution in [-0.4, -0.2) is 9.38 Å². The van der Waals surface area contributed by atoms with Gasteiger partial charge < -0.3 is 4.40 Å². The average Bonchev–Trinajstić information content (AvgIpc) is 2.85. The van der Waals surface area contributed by atoms with Gasteiger partial charge in [0.2, 0.25) is 0 Å². The smallest absolute Gasteiger partial charge is 0.140 e. The molecular formula is C14H11N5. The third-order valence-corrected chi connectivity index (χ3v) is 3.00. The second kappa shape index (κ2) is 4.48. The standard InChI is InChI=1S/C14H11N5/c1-10-3-2-8-19-9-13(16-14(10)19)11-4-6-12(7-5-11)17-18-15/h2-9H,1H3. The van der Waals surface area contributed by atoms with Crippen molar-refractivity contribution in [1.29, 1.82) is 0 Å². The van der Waals surface area contributed by atoms with Gasteiger partial charge in [0.05, 0.1) is 5.69 Å². The van der Waals surface area contributed by atoms with Crippen LogP contribution in [0.4, 0.5) is 5.69 Å². The van der Waals surface area contributed by atoms with E-state index in [1.807, 2.05) is 48.0 Å². The number of hydrogen-bond acceptors (Lipinski definition) is 2. The van der Waals surface area contributed by atoms with E-state index in [0.717, 1.165) is 22.5 Å². The number of fused-ring (bicyclic) bond motifs is 1. The second-order valence-electron chi connectivity index (χ2n) is 4.28. The van der Waals surface area contributed by atoms with Gasteiger partial charge in [-0.05, 0) is 24.1 Å². The van der Waals surface area contributed by atoms with Crippen molar-refractivity contribution in [1.82, 2.24) is 9.38 Å². The quantitative estimate of drug-likeness (QED) is 0.380. The minimum Gasteiger partial charge on any atom is -0.306 e. The number of benzene rings is 1. The number of aryl methyl sites for hydroxylation is 1. The first-order chi connectivity index (χ1) is 9.28. The van der Waals surface area contributed by atoms with E-state index in [1.165, 1.54) is 0 Å². The highest BCUT2D eigenvalue weighted by Gasteiger charge is 2.05. The fraction of sp³-hybridized carbons (Fsp3) is 0.0714. The lowest BCUT2D eigenvalue weighted by atomic mass is 10.1. The maximum Gasteiger partial charge on any atom is 0.140 e. The average molecular weight is 249 g/mol. The van der Waals surface area contributed by atoms with Crippen LogP contribution in [-0.2, 0) is 0 Å². The highest BCUT2D eigenvalue weighted by Crippen LogP contribution is 2.23. The molecule has 0 saturated carbocycles. The molecule has 0 unspecified atom stereocenters.